The van der Waals surface area contributed by atoms with Crippen molar-refractivity contribution in [2.24, 2.45) is 0 Å². The Morgan fingerprint density at radius 1 is 1.27 bits per heavy atom. The van der Waals surface area contributed by atoms with Crippen molar-refractivity contribution in [2.75, 3.05) is 14.2 Å². The molecule has 0 spiro atoms. The molecule has 0 saturated carbocycles. The van der Waals surface area contributed by atoms with Crippen LogP contribution in [0.5, 0.6) is 5.88 Å². The Morgan fingerprint density at radius 2 is 1.96 bits per heavy atom. The van der Waals surface area contributed by atoms with E-state index >= 15 is 0 Å². The maximum Gasteiger partial charge on any atom is 0.443 e. The number of aryl methyl sites for hydroxylation is 1. The predicted octanol–water partition coefficient (Wildman–Crippen LogP) is 4.21. The van der Waals surface area contributed by atoms with Gasteiger partial charge < -0.3 is 14.2 Å². The summed E-state index contributed by atoms with van der Waals surface area (Å²) in [5.74, 6) is -0.698. The number of aromatic nitrogens is 1. The number of ether oxygens (including phenoxy) is 3. The summed E-state index contributed by atoms with van der Waals surface area (Å²) < 4.78 is 53.4. The lowest BCUT2D eigenvalue weighted by Gasteiger charge is -2.12. The van der Waals surface area contributed by atoms with Crippen molar-refractivity contribution in [3.8, 4) is 5.88 Å². The number of rotatable bonds is 6. The van der Waals surface area contributed by atoms with Crippen LogP contribution in [0, 0.1) is 6.92 Å². The Kier molecular flexibility index (Phi) is 6.25. The molecule has 140 valence electrons. The smallest absolute Gasteiger partial charge is 0.443 e. The van der Waals surface area contributed by atoms with Crippen molar-refractivity contribution >= 4 is 22.9 Å². The summed E-state index contributed by atoms with van der Waals surface area (Å²) in [6, 6.07) is 6.78. The molecule has 5 nitrogen and oxygen atoms in total. The molecular formula is C17H16F3NO4S. The number of hydrogen-bond acceptors (Lipinski definition) is 6. The molecule has 0 aliphatic rings. The van der Waals surface area contributed by atoms with Crippen molar-refractivity contribution < 1.29 is 32.2 Å². The molecule has 2 rings (SSSR count). The highest BCUT2D eigenvalue weighted by Gasteiger charge is 2.36. The molecule has 0 saturated heterocycles. The number of thiazole rings is 1. The molecule has 0 aliphatic carbocycles. The molecule has 9 heteroatoms. The van der Waals surface area contributed by atoms with Crippen molar-refractivity contribution in [3.63, 3.8) is 0 Å². The van der Waals surface area contributed by atoms with E-state index in [0.29, 0.717) is 27.3 Å². The first kappa shape index (κ1) is 19.8. The Balaban J connectivity index is 2.28. The molecule has 0 aliphatic heterocycles. The highest BCUT2D eigenvalue weighted by atomic mass is 32.1. The van der Waals surface area contributed by atoms with Gasteiger partial charge in [-0.3, -0.25) is 0 Å². The average molecular weight is 387 g/mol. The van der Waals surface area contributed by atoms with Gasteiger partial charge in [0, 0.05) is 0 Å². The zero-order valence-electron chi connectivity index (χ0n) is 14.2. The molecule has 1 heterocycles. The molecule has 2 aromatic rings. The van der Waals surface area contributed by atoms with Gasteiger partial charge in [-0.15, -0.1) is 11.3 Å². The summed E-state index contributed by atoms with van der Waals surface area (Å²) in [6.07, 6.45) is -3.28. The fraction of sp³-hybridized carbons (Fsp3) is 0.294. The second kappa shape index (κ2) is 8.22. The maximum absolute atomic E-state index is 12.7. The van der Waals surface area contributed by atoms with E-state index < -0.39 is 17.2 Å². The second-order valence-corrected chi connectivity index (χ2v) is 6.29. The first-order chi connectivity index (χ1) is 12.3. The van der Waals surface area contributed by atoms with Crippen molar-refractivity contribution in [1.29, 1.82) is 0 Å². The molecule has 0 fully saturated rings. The largest absolute Gasteiger partial charge is 0.503 e. The normalized spacial score (nSPS) is 12.0. The molecule has 0 amide bonds. The van der Waals surface area contributed by atoms with Gasteiger partial charge in [-0.2, -0.15) is 18.2 Å². The third kappa shape index (κ3) is 4.54. The van der Waals surface area contributed by atoms with E-state index in [1.807, 2.05) is 0 Å². The Morgan fingerprint density at radius 3 is 2.54 bits per heavy atom. The van der Waals surface area contributed by atoms with Crippen molar-refractivity contribution in [1.82, 2.24) is 4.98 Å². The van der Waals surface area contributed by atoms with Gasteiger partial charge in [0.1, 0.15) is 12.2 Å². The molecule has 0 radical (unpaired) electrons. The van der Waals surface area contributed by atoms with Crippen LogP contribution in [0.15, 0.2) is 30.5 Å². The van der Waals surface area contributed by atoms with E-state index in [0.717, 1.165) is 0 Å². The molecule has 0 unspecified atom stereocenters. The fourth-order valence-corrected chi connectivity index (χ4v) is 2.87. The number of nitrogens with zero attached hydrogens (tertiary/aromatic N) is 1. The standard InChI is InChI=1S/C17H16F3NO4S/c1-10-14(21-16(26-10)17(18,19)20)25-8-11-6-4-5-7-12(11)13(9-23-2)15(22)24-3/h4-7,9H,8H2,1-3H3/b13-9+. The summed E-state index contributed by atoms with van der Waals surface area (Å²) in [7, 11) is 2.63. The van der Waals surface area contributed by atoms with Crippen LogP contribution in [0.2, 0.25) is 0 Å². The van der Waals surface area contributed by atoms with Crippen LogP contribution in [0.25, 0.3) is 5.57 Å². The van der Waals surface area contributed by atoms with Crippen LogP contribution in [0.3, 0.4) is 0 Å². The van der Waals surface area contributed by atoms with E-state index in [9.17, 15) is 18.0 Å². The van der Waals surface area contributed by atoms with E-state index in [4.69, 9.17) is 14.2 Å². The number of halogens is 3. The minimum Gasteiger partial charge on any atom is -0.503 e. The Bertz CT molecular complexity index is 815. The summed E-state index contributed by atoms with van der Waals surface area (Å²) >= 11 is 0.517. The Hall–Kier alpha value is -2.55. The first-order valence-electron chi connectivity index (χ1n) is 7.35. The highest BCUT2D eigenvalue weighted by Crippen LogP contribution is 2.36. The topological polar surface area (TPSA) is 57.7 Å². The van der Waals surface area contributed by atoms with Crippen LogP contribution >= 0.6 is 11.3 Å². The van der Waals surface area contributed by atoms with Gasteiger partial charge in [0.05, 0.1) is 25.4 Å². The van der Waals surface area contributed by atoms with Gasteiger partial charge in [0.15, 0.2) is 0 Å². The number of benzene rings is 1. The number of hydrogen-bond donors (Lipinski definition) is 0. The van der Waals surface area contributed by atoms with Crippen LogP contribution in [0.4, 0.5) is 13.2 Å². The van der Waals surface area contributed by atoms with Gasteiger partial charge in [0.2, 0.25) is 10.9 Å². The minimum absolute atomic E-state index is 0.0733. The zero-order chi connectivity index (χ0) is 19.3. The lowest BCUT2D eigenvalue weighted by atomic mass is 10.0. The van der Waals surface area contributed by atoms with Crippen LogP contribution in [-0.2, 0) is 27.1 Å². The highest BCUT2D eigenvalue weighted by molar-refractivity contribution is 7.11. The van der Waals surface area contributed by atoms with Gasteiger partial charge in [-0.25, -0.2) is 4.79 Å². The van der Waals surface area contributed by atoms with E-state index in [-0.39, 0.29) is 18.1 Å². The molecule has 1 aromatic carbocycles. The number of carbonyl (C=O) groups is 1. The van der Waals surface area contributed by atoms with Crippen LogP contribution in [0.1, 0.15) is 21.0 Å². The molecule has 0 N–H and O–H groups in total. The van der Waals surface area contributed by atoms with Gasteiger partial charge in [-0.1, -0.05) is 24.3 Å². The number of esters is 1. The molecular weight excluding hydrogens is 371 g/mol. The van der Waals surface area contributed by atoms with Gasteiger partial charge >= 0.3 is 12.1 Å². The third-order valence-electron chi connectivity index (χ3n) is 3.31. The summed E-state index contributed by atoms with van der Waals surface area (Å²) in [4.78, 5) is 15.8. The van der Waals surface area contributed by atoms with Crippen LogP contribution in [-0.4, -0.2) is 25.2 Å². The maximum atomic E-state index is 12.7. The fourth-order valence-electron chi connectivity index (χ4n) is 2.14. The summed E-state index contributed by atoms with van der Waals surface area (Å²) in [5.41, 5.74) is 1.23. The van der Waals surface area contributed by atoms with E-state index in [2.05, 4.69) is 4.98 Å². The third-order valence-corrected chi connectivity index (χ3v) is 4.31. The quantitative estimate of drug-likeness (QED) is 0.422. The molecule has 0 atom stereocenters. The van der Waals surface area contributed by atoms with Crippen molar-refractivity contribution in [3.05, 3.63) is 51.5 Å². The van der Waals surface area contributed by atoms with E-state index in [1.54, 1.807) is 24.3 Å². The monoisotopic (exact) mass is 387 g/mol. The summed E-state index contributed by atoms with van der Waals surface area (Å²) in [5, 5.41) is -0.965. The number of alkyl halides is 3. The summed E-state index contributed by atoms with van der Waals surface area (Å²) in [6.45, 7) is 1.43. The van der Waals surface area contributed by atoms with E-state index in [1.165, 1.54) is 27.4 Å². The predicted molar refractivity (Wildman–Crippen MR) is 89.6 cm³/mol. The lowest BCUT2D eigenvalue weighted by Crippen LogP contribution is -2.09. The number of carbonyl (C=O) groups excluding carboxylic acids is 1. The molecule has 0 bridgehead atoms. The lowest BCUT2D eigenvalue weighted by molar-refractivity contribution is -0.138. The first-order valence-corrected chi connectivity index (χ1v) is 8.16. The van der Waals surface area contributed by atoms with Crippen molar-refractivity contribution in [2.45, 2.75) is 19.7 Å². The van der Waals surface area contributed by atoms with Gasteiger partial charge in [-0.05, 0) is 18.1 Å². The van der Waals surface area contributed by atoms with Gasteiger partial charge in [0.25, 0.3) is 0 Å². The molecule has 26 heavy (non-hydrogen) atoms. The minimum atomic E-state index is -4.52. The second-order valence-electron chi connectivity index (χ2n) is 5.08. The number of methoxy groups -OCH3 is 2. The van der Waals surface area contributed by atoms with Crippen LogP contribution < -0.4 is 4.74 Å². The SMILES string of the molecule is CO/C=C(/C(=O)OC)c1ccccc1COc1nc(C(F)(F)F)sc1C. The zero-order valence-corrected chi connectivity index (χ0v) is 15.0. The Labute approximate surface area is 152 Å². The molecule has 1 aromatic heterocycles. The average Bonchev–Trinajstić information content (AvgIpc) is 2.99.